The first-order valence-corrected chi connectivity index (χ1v) is 6.89. The fourth-order valence-corrected chi connectivity index (χ4v) is 2.18. The summed E-state index contributed by atoms with van der Waals surface area (Å²) in [6.45, 7) is 1.42. The van der Waals surface area contributed by atoms with Crippen LogP contribution >= 0.6 is 0 Å². The van der Waals surface area contributed by atoms with Crippen LogP contribution < -0.4 is 4.90 Å². The third-order valence-corrected chi connectivity index (χ3v) is 3.52. The molecule has 2 aromatic rings. The molecule has 24 heavy (non-hydrogen) atoms. The van der Waals surface area contributed by atoms with E-state index < -0.39 is 23.5 Å². The van der Waals surface area contributed by atoms with Crippen LogP contribution in [0.4, 0.5) is 32.0 Å². The Kier molecular flexibility index (Phi) is 4.77. The lowest BCUT2D eigenvalue weighted by molar-refractivity contribution is -0.138. The SMILES string of the molecule is Cc1ncc(N(C)Cc2ccc(C(F)(F)F)cc2)cc1C(F)(F)F. The van der Waals surface area contributed by atoms with Crippen molar-refractivity contribution >= 4 is 5.69 Å². The van der Waals surface area contributed by atoms with Crippen molar-refractivity contribution in [3.05, 3.63) is 58.9 Å². The molecule has 0 radical (unpaired) electrons. The zero-order chi connectivity index (χ0) is 18.1. The number of benzene rings is 1. The number of anilines is 1. The Morgan fingerprint density at radius 1 is 0.958 bits per heavy atom. The molecule has 1 heterocycles. The standard InChI is InChI=1S/C16H14F6N2/c1-10-14(16(20,21)22)7-13(8-23-10)24(2)9-11-3-5-12(6-4-11)15(17,18)19/h3-8H,9H2,1-2H3. The first-order valence-electron chi connectivity index (χ1n) is 6.89. The number of aromatic nitrogens is 1. The van der Waals surface area contributed by atoms with Gasteiger partial charge in [0.15, 0.2) is 0 Å². The largest absolute Gasteiger partial charge is 0.418 e. The minimum atomic E-state index is -4.51. The smallest absolute Gasteiger partial charge is 0.369 e. The molecule has 0 saturated heterocycles. The second-order valence-corrected chi connectivity index (χ2v) is 5.37. The third-order valence-electron chi connectivity index (χ3n) is 3.52. The van der Waals surface area contributed by atoms with Crippen molar-refractivity contribution in [2.24, 2.45) is 0 Å². The molecule has 8 heteroatoms. The van der Waals surface area contributed by atoms with Crippen LogP contribution in [0.2, 0.25) is 0 Å². The molecular formula is C16H14F6N2. The molecule has 0 unspecified atom stereocenters. The van der Waals surface area contributed by atoms with Gasteiger partial charge >= 0.3 is 12.4 Å². The Morgan fingerprint density at radius 3 is 2.04 bits per heavy atom. The van der Waals surface area contributed by atoms with Crippen molar-refractivity contribution in [2.75, 3.05) is 11.9 Å². The Labute approximate surface area is 134 Å². The van der Waals surface area contributed by atoms with Crippen LogP contribution in [0.1, 0.15) is 22.4 Å². The molecule has 0 bridgehead atoms. The Hall–Kier alpha value is -2.25. The highest BCUT2D eigenvalue weighted by molar-refractivity contribution is 5.48. The van der Waals surface area contributed by atoms with Gasteiger partial charge in [-0.25, -0.2) is 0 Å². The Bertz CT molecular complexity index is 704. The normalized spacial score (nSPS) is 12.3. The van der Waals surface area contributed by atoms with E-state index in [9.17, 15) is 26.3 Å². The molecule has 0 aliphatic heterocycles. The minimum Gasteiger partial charge on any atom is -0.369 e. The monoisotopic (exact) mass is 348 g/mol. The topological polar surface area (TPSA) is 16.1 Å². The van der Waals surface area contributed by atoms with Crippen LogP contribution in [0.3, 0.4) is 0 Å². The van der Waals surface area contributed by atoms with Gasteiger partial charge in [-0.3, -0.25) is 4.98 Å². The van der Waals surface area contributed by atoms with Crippen LogP contribution in [0.15, 0.2) is 36.5 Å². The number of halogens is 6. The number of pyridine rings is 1. The third kappa shape index (κ3) is 4.18. The predicted octanol–water partition coefficient (Wildman–Crippen LogP) is 5.06. The number of nitrogens with zero attached hydrogens (tertiary/aromatic N) is 2. The van der Waals surface area contributed by atoms with Gasteiger partial charge in [0, 0.05) is 19.3 Å². The molecule has 0 atom stereocenters. The van der Waals surface area contributed by atoms with Crippen LogP contribution in [0, 0.1) is 6.92 Å². The van der Waals surface area contributed by atoms with Gasteiger partial charge in [-0.15, -0.1) is 0 Å². The molecule has 130 valence electrons. The van der Waals surface area contributed by atoms with E-state index in [1.165, 1.54) is 30.2 Å². The summed E-state index contributed by atoms with van der Waals surface area (Å²) in [5, 5.41) is 0. The molecule has 2 rings (SSSR count). The highest BCUT2D eigenvalue weighted by atomic mass is 19.4. The fraction of sp³-hybridized carbons (Fsp3) is 0.312. The molecule has 0 spiro atoms. The van der Waals surface area contributed by atoms with Crippen molar-refractivity contribution in [3.8, 4) is 0 Å². The average Bonchev–Trinajstić information content (AvgIpc) is 2.46. The summed E-state index contributed by atoms with van der Waals surface area (Å²) in [5.41, 5.74) is -0.967. The van der Waals surface area contributed by atoms with E-state index in [1.54, 1.807) is 7.05 Å². The van der Waals surface area contributed by atoms with Gasteiger partial charge in [0.25, 0.3) is 0 Å². The second kappa shape index (κ2) is 6.33. The molecule has 1 aromatic carbocycles. The number of aryl methyl sites for hydroxylation is 1. The zero-order valence-corrected chi connectivity index (χ0v) is 12.8. The van der Waals surface area contributed by atoms with E-state index in [4.69, 9.17) is 0 Å². The second-order valence-electron chi connectivity index (χ2n) is 5.37. The van der Waals surface area contributed by atoms with Gasteiger partial charge in [0.1, 0.15) is 0 Å². The Morgan fingerprint density at radius 2 is 1.54 bits per heavy atom. The van der Waals surface area contributed by atoms with Crippen LogP contribution in [0.5, 0.6) is 0 Å². The molecule has 2 nitrogen and oxygen atoms in total. The van der Waals surface area contributed by atoms with E-state index in [1.807, 2.05) is 0 Å². The number of alkyl halides is 6. The van der Waals surface area contributed by atoms with Gasteiger partial charge in [0.2, 0.25) is 0 Å². The van der Waals surface area contributed by atoms with E-state index in [0.717, 1.165) is 18.2 Å². The van der Waals surface area contributed by atoms with Gasteiger partial charge in [0.05, 0.1) is 23.0 Å². The fourth-order valence-electron chi connectivity index (χ4n) is 2.18. The van der Waals surface area contributed by atoms with Gasteiger partial charge in [-0.05, 0) is 30.7 Å². The number of hydrogen-bond donors (Lipinski definition) is 0. The molecule has 1 aromatic heterocycles. The summed E-state index contributed by atoms with van der Waals surface area (Å²) in [6.07, 6.45) is -7.64. The average molecular weight is 348 g/mol. The van der Waals surface area contributed by atoms with Crippen molar-refractivity contribution in [3.63, 3.8) is 0 Å². The molecule has 0 fully saturated rings. The highest BCUT2D eigenvalue weighted by Gasteiger charge is 2.33. The van der Waals surface area contributed by atoms with E-state index >= 15 is 0 Å². The van der Waals surface area contributed by atoms with Crippen molar-refractivity contribution < 1.29 is 26.3 Å². The molecule has 0 aliphatic rings. The van der Waals surface area contributed by atoms with E-state index in [2.05, 4.69) is 4.98 Å². The van der Waals surface area contributed by atoms with Crippen LogP contribution in [-0.4, -0.2) is 12.0 Å². The number of rotatable bonds is 3. The molecule has 0 saturated carbocycles. The predicted molar refractivity (Wildman–Crippen MR) is 77.5 cm³/mol. The van der Waals surface area contributed by atoms with Gasteiger partial charge in [-0.1, -0.05) is 12.1 Å². The Balaban J connectivity index is 2.20. The van der Waals surface area contributed by atoms with Gasteiger partial charge < -0.3 is 4.90 Å². The van der Waals surface area contributed by atoms with Crippen LogP contribution in [-0.2, 0) is 18.9 Å². The molecule has 0 aliphatic carbocycles. The maximum atomic E-state index is 12.9. The number of hydrogen-bond acceptors (Lipinski definition) is 2. The maximum absolute atomic E-state index is 12.9. The summed E-state index contributed by atoms with van der Waals surface area (Å²) >= 11 is 0. The van der Waals surface area contributed by atoms with Crippen molar-refractivity contribution in [1.82, 2.24) is 4.98 Å². The maximum Gasteiger partial charge on any atom is 0.418 e. The first kappa shape index (κ1) is 18.1. The van der Waals surface area contributed by atoms with Crippen molar-refractivity contribution in [1.29, 1.82) is 0 Å². The molecule has 0 amide bonds. The lowest BCUT2D eigenvalue weighted by atomic mass is 10.1. The van der Waals surface area contributed by atoms with Crippen molar-refractivity contribution in [2.45, 2.75) is 25.8 Å². The summed E-state index contributed by atoms with van der Waals surface area (Å²) in [4.78, 5) is 5.23. The lowest BCUT2D eigenvalue weighted by Crippen LogP contribution is -2.18. The van der Waals surface area contributed by atoms with Crippen LogP contribution in [0.25, 0.3) is 0 Å². The summed E-state index contributed by atoms with van der Waals surface area (Å²) in [7, 11) is 1.55. The minimum absolute atomic E-state index is 0.130. The molecular weight excluding hydrogens is 334 g/mol. The first-order chi connectivity index (χ1) is 11.0. The lowest BCUT2D eigenvalue weighted by Gasteiger charge is -2.21. The zero-order valence-electron chi connectivity index (χ0n) is 12.8. The summed E-state index contributed by atoms with van der Waals surface area (Å²) in [6, 6.07) is 5.46. The van der Waals surface area contributed by atoms with E-state index in [-0.39, 0.29) is 17.9 Å². The summed E-state index contributed by atoms with van der Waals surface area (Å²) in [5.74, 6) is 0. The van der Waals surface area contributed by atoms with E-state index in [0.29, 0.717) is 5.56 Å². The highest BCUT2D eigenvalue weighted by Crippen LogP contribution is 2.33. The quantitative estimate of drug-likeness (QED) is 0.721. The summed E-state index contributed by atoms with van der Waals surface area (Å²) < 4.78 is 76.3. The molecule has 0 N–H and O–H groups in total. The van der Waals surface area contributed by atoms with Gasteiger partial charge in [-0.2, -0.15) is 26.3 Å².